The van der Waals surface area contributed by atoms with Gasteiger partial charge in [0, 0.05) is 27.5 Å². The zero-order valence-corrected chi connectivity index (χ0v) is 21.7. The fourth-order valence-electron chi connectivity index (χ4n) is 4.07. The van der Waals surface area contributed by atoms with E-state index in [2.05, 4.69) is 41.5 Å². The lowest BCUT2D eigenvalue weighted by Crippen LogP contribution is -2.33. The molecule has 186 valence electrons. The second-order valence-electron chi connectivity index (χ2n) is 8.94. The van der Waals surface area contributed by atoms with Crippen LogP contribution in [0.4, 0.5) is 0 Å². The topological polar surface area (TPSA) is 41.9 Å². The molecular formula is C31H33NO3S. The van der Waals surface area contributed by atoms with Gasteiger partial charge in [-0.2, -0.15) is 0 Å². The first-order chi connectivity index (χ1) is 17.5. The van der Waals surface area contributed by atoms with E-state index >= 15 is 0 Å². The predicted molar refractivity (Wildman–Crippen MR) is 147 cm³/mol. The van der Waals surface area contributed by atoms with Gasteiger partial charge in [-0.1, -0.05) is 54.8 Å². The minimum absolute atomic E-state index is 0.00842. The summed E-state index contributed by atoms with van der Waals surface area (Å²) in [6.45, 7) is 9.51. The minimum atomic E-state index is 0.00842. The van der Waals surface area contributed by atoms with E-state index in [0.29, 0.717) is 6.61 Å². The predicted octanol–water partition coefficient (Wildman–Crippen LogP) is 6.86. The van der Waals surface area contributed by atoms with Crippen LogP contribution in [0.2, 0.25) is 0 Å². The number of hydrogen-bond donors (Lipinski definition) is 1. The van der Waals surface area contributed by atoms with Crippen molar-refractivity contribution in [2.24, 2.45) is 0 Å². The number of piperidine rings is 1. The fourth-order valence-corrected chi connectivity index (χ4v) is 5.08. The number of hydrogen-bond acceptors (Lipinski definition) is 5. The monoisotopic (exact) mass is 499 g/mol. The second-order valence-corrected chi connectivity index (χ2v) is 10.1. The molecule has 1 aliphatic rings. The van der Waals surface area contributed by atoms with E-state index in [-0.39, 0.29) is 12.4 Å². The molecule has 0 bridgehead atoms. The number of nitrogens with zero attached hydrogens (tertiary/aromatic N) is 1. The van der Waals surface area contributed by atoms with Crippen molar-refractivity contribution in [3.8, 4) is 23.3 Å². The number of benzene rings is 3. The normalized spacial score (nSPS) is 13.5. The fraction of sp³-hybridized carbons (Fsp3) is 0.290. The van der Waals surface area contributed by atoms with Crippen LogP contribution in [0.3, 0.4) is 0 Å². The third-order valence-electron chi connectivity index (χ3n) is 5.91. The second kappa shape index (κ2) is 13.1. The average molecular weight is 500 g/mol. The van der Waals surface area contributed by atoms with Crippen molar-refractivity contribution in [3.63, 3.8) is 0 Å². The zero-order valence-electron chi connectivity index (χ0n) is 20.8. The quantitative estimate of drug-likeness (QED) is 0.257. The van der Waals surface area contributed by atoms with E-state index in [1.807, 2.05) is 55.5 Å². The van der Waals surface area contributed by atoms with Crippen LogP contribution in [-0.4, -0.2) is 42.9 Å². The maximum absolute atomic E-state index is 9.31. The Morgan fingerprint density at radius 1 is 0.917 bits per heavy atom. The number of likely N-dealkylation sites (tertiary alicyclic amines) is 1. The Labute approximate surface area is 218 Å². The van der Waals surface area contributed by atoms with Crippen LogP contribution in [-0.2, 0) is 0 Å². The number of aliphatic hydroxyl groups is 1. The average Bonchev–Trinajstić information content (AvgIpc) is 2.88. The van der Waals surface area contributed by atoms with Crippen LogP contribution in [0.15, 0.2) is 88.9 Å². The Balaban J connectivity index is 1.50. The summed E-state index contributed by atoms with van der Waals surface area (Å²) in [4.78, 5) is 4.64. The number of aryl methyl sites for hydroxylation is 1. The summed E-state index contributed by atoms with van der Waals surface area (Å²) in [5, 5.41) is 9.31. The molecule has 0 amide bonds. The highest BCUT2D eigenvalue weighted by atomic mass is 32.2. The third-order valence-corrected chi connectivity index (χ3v) is 6.87. The lowest BCUT2D eigenvalue weighted by atomic mass is 10.1. The van der Waals surface area contributed by atoms with Gasteiger partial charge in [0.05, 0.1) is 0 Å². The molecule has 5 heteroatoms. The van der Waals surface area contributed by atoms with Crippen molar-refractivity contribution in [1.29, 1.82) is 0 Å². The molecule has 36 heavy (non-hydrogen) atoms. The molecule has 3 aromatic rings. The molecule has 1 N–H and O–H groups in total. The van der Waals surface area contributed by atoms with E-state index in [1.54, 1.807) is 11.8 Å². The van der Waals surface area contributed by atoms with Gasteiger partial charge in [-0.25, -0.2) is 0 Å². The van der Waals surface area contributed by atoms with Gasteiger partial charge in [0.25, 0.3) is 0 Å². The third kappa shape index (κ3) is 8.12. The minimum Gasteiger partial charge on any atom is -0.509 e. The van der Waals surface area contributed by atoms with E-state index < -0.39 is 0 Å². The Hall–Kier alpha value is -3.33. The van der Waals surface area contributed by atoms with Gasteiger partial charge in [-0.05, 0) is 86.9 Å². The van der Waals surface area contributed by atoms with E-state index in [4.69, 9.17) is 9.47 Å². The summed E-state index contributed by atoms with van der Waals surface area (Å²) in [6.07, 6.45) is 3.90. The Morgan fingerprint density at radius 3 is 2.44 bits per heavy atom. The van der Waals surface area contributed by atoms with E-state index in [9.17, 15) is 5.11 Å². The number of rotatable bonds is 9. The molecule has 0 radical (unpaired) electrons. The van der Waals surface area contributed by atoms with Crippen molar-refractivity contribution >= 4 is 11.8 Å². The van der Waals surface area contributed by atoms with Crippen LogP contribution in [0, 0.1) is 18.8 Å². The summed E-state index contributed by atoms with van der Waals surface area (Å²) in [5.41, 5.74) is 2.91. The molecule has 4 rings (SSSR count). The number of ether oxygens (including phenoxy) is 2. The van der Waals surface area contributed by atoms with Crippen molar-refractivity contribution in [1.82, 2.24) is 4.90 Å². The molecule has 0 atom stereocenters. The van der Waals surface area contributed by atoms with Crippen molar-refractivity contribution in [3.05, 3.63) is 95.8 Å². The molecule has 4 nitrogen and oxygen atoms in total. The summed E-state index contributed by atoms with van der Waals surface area (Å²) in [6, 6.07) is 22.3. The molecule has 1 heterocycles. The van der Waals surface area contributed by atoms with Gasteiger partial charge >= 0.3 is 0 Å². The lowest BCUT2D eigenvalue weighted by molar-refractivity contribution is 0.183. The first-order valence-corrected chi connectivity index (χ1v) is 13.2. The highest BCUT2D eigenvalue weighted by Crippen LogP contribution is 2.34. The van der Waals surface area contributed by atoms with Gasteiger partial charge in [-0.3, -0.25) is 4.90 Å². The van der Waals surface area contributed by atoms with Crippen LogP contribution in [0.1, 0.15) is 36.0 Å². The van der Waals surface area contributed by atoms with Gasteiger partial charge in [0.2, 0.25) is 0 Å². The summed E-state index contributed by atoms with van der Waals surface area (Å²) >= 11 is 1.67. The molecule has 3 aromatic carbocycles. The van der Waals surface area contributed by atoms with Crippen molar-refractivity contribution in [2.75, 3.05) is 32.8 Å². The van der Waals surface area contributed by atoms with Crippen LogP contribution < -0.4 is 9.47 Å². The van der Waals surface area contributed by atoms with Gasteiger partial charge in [0.15, 0.2) is 0 Å². The smallest absolute Gasteiger partial charge is 0.144 e. The standard InChI is InChI=1S/C31H33NO3S/c1-24-19-29(13-14-31(24)35-23-25(2)33)36-30-21-27(12-11-26-9-5-3-6-10-26)20-28(22-30)34-18-17-32-15-7-4-8-16-32/h3,5-6,9-10,13-14,19-22,33H,2,4,7-8,15-18,23H2,1H3. The Bertz CT molecular complexity index is 1220. The van der Waals surface area contributed by atoms with Gasteiger partial charge < -0.3 is 14.6 Å². The summed E-state index contributed by atoms with van der Waals surface area (Å²) < 4.78 is 11.8. The largest absolute Gasteiger partial charge is 0.509 e. The molecule has 1 saturated heterocycles. The maximum Gasteiger partial charge on any atom is 0.144 e. The maximum atomic E-state index is 9.31. The van der Waals surface area contributed by atoms with Crippen LogP contribution in [0.5, 0.6) is 11.5 Å². The van der Waals surface area contributed by atoms with Crippen molar-refractivity contribution in [2.45, 2.75) is 36.0 Å². The molecular weight excluding hydrogens is 466 g/mol. The van der Waals surface area contributed by atoms with E-state index in [1.165, 1.54) is 32.4 Å². The van der Waals surface area contributed by atoms with Crippen molar-refractivity contribution < 1.29 is 14.6 Å². The molecule has 1 fully saturated rings. The Morgan fingerprint density at radius 2 is 1.69 bits per heavy atom. The SMILES string of the molecule is C=C(O)COc1ccc(Sc2cc(C#Cc3ccccc3)cc(OCCN3CCCCC3)c2)cc1C. The summed E-state index contributed by atoms with van der Waals surface area (Å²) in [5.74, 6) is 8.15. The summed E-state index contributed by atoms with van der Waals surface area (Å²) in [7, 11) is 0. The number of aliphatic hydroxyl groups excluding tert-OH is 1. The lowest BCUT2D eigenvalue weighted by Gasteiger charge is -2.26. The highest BCUT2D eigenvalue weighted by molar-refractivity contribution is 7.99. The van der Waals surface area contributed by atoms with Crippen LogP contribution in [0.25, 0.3) is 0 Å². The van der Waals surface area contributed by atoms with Crippen LogP contribution >= 0.6 is 11.8 Å². The van der Waals surface area contributed by atoms with Gasteiger partial charge in [-0.15, -0.1) is 0 Å². The first kappa shape index (κ1) is 25.8. The molecule has 0 unspecified atom stereocenters. The zero-order chi connectivity index (χ0) is 25.2. The molecule has 1 aliphatic heterocycles. The van der Waals surface area contributed by atoms with Gasteiger partial charge in [0.1, 0.15) is 30.5 Å². The molecule has 0 saturated carbocycles. The molecule has 0 spiro atoms. The first-order valence-electron chi connectivity index (χ1n) is 12.4. The van der Waals surface area contributed by atoms with E-state index in [0.717, 1.165) is 44.5 Å². The Kier molecular flexibility index (Phi) is 9.38. The highest BCUT2D eigenvalue weighted by Gasteiger charge is 2.11. The molecule has 0 aliphatic carbocycles. The molecule has 0 aromatic heterocycles.